The van der Waals surface area contributed by atoms with Gasteiger partial charge in [-0.1, -0.05) is 26.0 Å². The molecule has 0 aromatic heterocycles. The van der Waals surface area contributed by atoms with Gasteiger partial charge in [0, 0.05) is 0 Å². The van der Waals surface area contributed by atoms with Crippen molar-refractivity contribution in [1.82, 2.24) is 0 Å². The molecule has 0 radical (unpaired) electrons. The number of rotatable bonds is 7. The van der Waals surface area contributed by atoms with E-state index >= 15 is 0 Å². The lowest BCUT2D eigenvalue weighted by molar-refractivity contribution is 0.365. The Hall–Kier alpha value is -2.36. The molecule has 0 aliphatic rings. The second kappa shape index (κ2) is 7.95. The third-order valence-electron chi connectivity index (χ3n) is 4.57. The minimum atomic E-state index is 0.163. The normalized spacial score (nSPS) is 13.3. The molecule has 2 N–H and O–H groups in total. The summed E-state index contributed by atoms with van der Waals surface area (Å²) in [5.41, 5.74) is 2.23. The van der Waals surface area contributed by atoms with E-state index in [1.165, 1.54) is 0 Å². The number of aromatic hydroxyl groups is 2. The van der Waals surface area contributed by atoms with Crippen LogP contribution < -0.4 is 9.47 Å². The standard InChI is InChI=1S/C20H26O4/c1-13(9-15-6-8-19(23-3)18(22)11-15)14(2)10-16-5-7-17(21)20(12-16)24-4/h5-8,11-14,21-22H,9-10H2,1-4H3. The Morgan fingerprint density at radius 3 is 1.83 bits per heavy atom. The highest BCUT2D eigenvalue weighted by Crippen LogP contribution is 2.31. The van der Waals surface area contributed by atoms with Gasteiger partial charge in [0.1, 0.15) is 0 Å². The fourth-order valence-corrected chi connectivity index (χ4v) is 2.86. The molecule has 2 unspecified atom stereocenters. The molecule has 0 spiro atoms. The number of ether oxygens (including phenoxy) is 2. The molecule has 4 nitrogen and oxygen atoms in total. The van der Waals surface area contributed by atoms with E-state index in [1.807, 2.05) is 18.2 Å². The van der Waals surface area contributed by atoms with Gasteiger partial charge in [-0.25, -0.2) is 0 Å². The van der Waals surface area contributed by atoms with Crippen LogP contribution in [-0.4, -0.2) is 24.4 Å². The van der Waals surface area contributed by atoms with Gasteiger partial charge < -0.3 is 19.7 Å². The Kier molecular flexibility index (Phi) is 5.96. The van der Waals surface area contributed by atoms with Crippen molar-refractivity contribution >= 4 is 0 Å². The monoisotopic (exact) mass is 330 g/mol. The van der Waals surface area contributed by atoms with Gasteiger partial charge >= 0.3 is 0 Å². The first kappa shape index (κ1) is 18.0. The fourth-order valence-electron chi connectivity index (χ4n) is 2.86. The maximum atomic E-state index is 9.90. The molecule has 0 amide bonds. The zero-order chi connectivity index (χ0) is 17.7. The summed E-state index contributed by atoms with van der Waals surface area (Å²) in [5, 5.41) is 19.6. The van der Waals surface area contributed by atoms with Crippen LogP contribution in [0.15, 0.2) is 36.4 Å². The summed E-state index contributed by atoms with van der Waals surface area (Å²) in [4.78, 5) is 0. The Morgan fingerprint density at radius 2 is 1.29 bits per heavy atom. The second-order valence-electron chi connectivity index (χ2n) is 6.38. The highest BCUT2D eigenvalue weighted by Gasteiger charge is 2.15. The van der Waals surface area contributed by atoms with Gasteiger partial charge in [-0.2, -0.15) is 0 Å². The van der Waals surface area contributed by atoms with Crippen LogP contribution in [0, 0.1) is 11.8 Å². The van der Waals surface area contributed by atoms with Gasteiger partial charge in [-0.05, 0) is 60.1 Å². The molecule has 2 aromatic rings. The van der Waals surface area contributed by atoms with Crippen LogP contribution in [0.1, 0.15) is 25.0 Å². The van der Waals surface area contributed by atoms with Crippen molar-refractivity contribution in [2.24, 2.45) is 11.8 Å². The van der Waals surface area contributed by atoms with Gasteiger partial charge in [-0.3, -0.25) is 0 Å². The van der Waals surface area contributed by atoms with Crippen LogP contribution >= 0.6 is 0 Å². The summed E-state index contributed by atoms with van der Waals surface area (Å²) >= 11 is 0. The van der Waals surface area contributed by atoms with E-state index in [1.54, 1.807) is 32.4 Å². The van der Waals surface area contributed by atoms with Gasteiger partial charge in [0.25, 0.3) is 0 Å². The highest BCUT2D eigenvalue weighted by molar-refractivity contribution is 5.42. The van der Waals surface area contributed by atoms with Crippen LogP contribution in [0.2, 0.25) is 0 Å². The van der Waals surface area contributed by atoms with E-state index in [4.69, 9.17) is 9.47 Å². The Labute approximate surface area is 143 Å². The van der Waals surface area contributed by atoms with Crippen molar-refractivity contribution in [2.75, 3.05) is 14.2 Å². The summed E-state index contributed by atoms with van der Waals surface area (Å²) in [5.74, 6) is 2.23. The van der Waals surface area contributed by atoms with Crippen molar-refractivity contribution in [3.63, 3.8) is 0 Å². The summed E-state index contributed by atoms with van der Waals surface area (Å²) < 4.78 is 10.2. The summed E-state index contributed by atoms with van der Waals surface area (Å²) in [6.45, 7) is 4.43. The SMILES string of the molecule is COc1ccc(CC(C)C(C)Cc2ccc(O)c(OC)c2)cc1O. The lowest BCUT2D eigenvalue weighted by Crippen LogP contribution is -2.13. The molecule has 0 saturated carbocycles. The molecule has 2 rings (SSSR count). The minimum absolute atomic E-state index is 0.163. The van der Waals surface area contributed by atoms with Crippen LogP contribution in [0.3, 0.4) is 0 Å². The molecule has 24 heavy (non-hydrogen) atoms. The molecule has 2 aromatic carbocycles. The zero-order valence-corrected chi connectivity index (χ0v) is 14.7. The lowest BCUT2D eigenvalue weighted by atomic mass is 9.85. The number of hydrogen-bond acceptors (Lipinski definition) is 4. The topological polar surface area (TPSA) is 58.9 Å². The molecule has 2 atom stereocenters. The summed E-state index contributed by atoms with van der Waals surface area (Å²) in [7, 11) is 3.10. The van der Waals surface area contributed by atoms with Crippen molar-refractivity contribution < 1.29 is 19.7 Å². The third-order valence-corrected chi connectivity index (χ3v) is 4.57. The lowest BCUT2D eigenvalue weighted by Gasteiger charge is -2.21. The molecular formula is C20H26O4. The average molecular weight is 330 g/mol. The smallest absolute Gasteiger partial charge is 0.160 e. The van der Waals surface area contributed by atoms with E-state index in [0.29, 0.717) is 23.3 Å². The number of phenols is 2. The first-order chi connectivity index (χ1) is 11.4. The molecule has 0 aliphatic carbocycles. The molecule has 0 aliphatic heterocycles. The zero-order valence-electron chi connectivity index (χ0n) is 14.7. The second-order valence-corrected chi connectivity index (χ2v) is 6.38. The number of methoxy groups -OCH3 is 2. The maximum absolute atomic E-state index is 9.90. The largest absolute Gasteiger partial charge is 0.504 e. The minimum Gasteiger partial charge on any atom is -0.504 e. The molecule has 0 saturated heterocycles. The van der Waals surface area contributed by atoms with Crippen molar-refractivity contribution in [2.45, 2.75) is 26.7 Å². The molecular weight excluding hydrogens is 304 g/mol. The molecule has 0 bridgehead atoms. The summed E-state index contributed by atoms with van der Waals surface area (Å²) in [6.07, 6.45) is 1.79. The highest BCUT2D eigenvalue weighted by atomic mass is 16.5. The summed E-state index contributed by atoms with van der Waals surface area (Å²) in [6, 6.07) is 11.1. The maximum Gasteiger partial charge on any atom is 0.160 e. The van der Waals surface area contributed by atoms with Crippen LogP contribution in [-0.2, 0) is 12.8 Å². The van der Waals surface area contributed by atoms with Gasteiger partial charge in [0.2, 0.25) is 0 Å². The average Bonchev–Trinajstić information content (AvgIpc) is 2.56. The van der Waals surface area contributed by atoms with Crippen molar-refractivity contribution in [3.8, 4) is 23.0 Å². The number of benzene rings is 2. The van der Waals surface area contributed by atoms with Gasteiger partial charge in [0.15, 0.2) is 23.0 Å². The van der Waals surface area contributed by atoms with E-state index < -0.39 is 0 Å². The first-order valence-corrected chi connectivity index (χ1v) is 8.16. The van der Waals surface area contributed by atoms with E-state index in [0.717, 1.165) is 24.0 Å². The van der Waals surface area contributed by atoms with E-state index in [2.05, 4.69) is 13.8 Å². The van der Waals surface area contributed by atoms with Crippen LogP contribution in [0.4, 0.5) is 0 Å². The fraction of sp³-hybridized carbons (Fsp3) is 0.400. The number of hydrogen-bond donors (Lipinski definition) is 2. The van der Waals surface area contributed by atoms with Crippen LogP contribution in [0.5, 0.6) is 23.0 Å². The van der Waals surface area contributed by atoms with Crippen LogP contribution in [0.25, 0.3) is 0 Å². The third kappa shape index (κ3) is 4.34. The molecule has 4 heteroatoms. The Morgan fingerprint density at radius 1 is 0.750 bits per heavy atom. The number of phenolic OH excluding ortho intramolecular Hbond substituents is 2. The Balaban J connectivity index is 2.01. The first-order valence-electron chi connectivity index (χ1n) is 8.16. The van der Waals surface area contributed by atoms with E-state index in [-0.39, 0.29) is 11.5 Å². The molecule has 0 heterocycles. The quantitative estimate of drug-likeness (QED) is 0.800. The predicted molar refractivity (Wildman–Crippen MR) is 95.1 cm³/mol. The van der Waals surface area contributed by atoms with Gasteiger partial charge in [0.05, 0.1) is 14.2 Å². The van der Waals surface area contributed by atoms with Crippen molar-refractivity contribution in [3.05, 3.63) is 47.5 Å². The molecule has 0 fully saturated rings. The van der Waals surface area contributed by atoms with Gasteiger partial charge in [-0.15, -0.1) is 0 Å². The predicted octanol–water partition coefficient (Wildman–Crippen LogP) is 4.17. The van der Waals surface area contributed by atoms with E-state index in [9.17, 15) is 10.2 Å². The van der Waals surface area contributed by atoms with Crippen molar-refractivity contribution in [1.29, 1.82) is 0 Å². The Bertz CT molecular complexity index is 681. The molecule has 130 valence electrons.